The van der Waals surface area contributed by atoms with Crippen molar-refractivity contribution in [3.05, 3.63) is 71.8 Å². The van der Waals surface area contributed by atoms with Crippen molar-refractivity contribution < 1.29 is 4.39 Å². The first-order valence-corrected chi connectivity index (χ1v) is 9.02. The molecule has 0 aliphatic heterocycles. The fourth-order valence-corrected chi connectivity index (χ4v) is 3.43. The number of rotatable bonds is 3. The lowest BCUT2D eigenvalue weighted by Crippen LogP contribution is -2.07. The van der Waals surface area contributed by atoms with Crippen LogP contribution < -0.4 is 9.66 Å². The molecule has 0 unspecified atom stereocenters. The van der Waals surface area contributed by atoms with Crippen molar-refractivity contribution in [2.75, 3.05) is 9.66 Å². The van der Waals surface area contributed by atoms with Crippen molar-refractivity contribution in [3.8, 4) is 11.1 Å². The van der Waals surface area contributed by atoms with Crippen LogP contribution in [-0.2, 0) is 0 Å². The molecule has 8 heteroatoms. The van der Waals surface area contributed by atoms with Gasteiger partial charge in [-0.05, 0) is 35.9 Å². The predicted octanol–water partition coefficient (Wildman–Crippen LogP) is 5.51. The number of nitrogens with two attached hydrogens (primary N) is 1. The number of pyridine rings is 1. The molecular weight excluding hydrogens is 433 g/mol. The molecule has 2 N–H and O–H groups in total. The standard InChI is InChI=1S/C19H12BrClFN5/c20-27(12-4-2-1-3-5-12)18-14-10-11(6-7-15(14)25-19(23)26-18)13-8-9-24-17(21)16(13)22/h1-10H,(H2,23,25,26). The molecular formula is C19H12BrClFN5. The van der Waals surface area contributed by atoms with E-state index in [9.17, 15) is 4.39 Å². The number of anilines is 3. The first kappa shape index (κ1) is 17.6. The van der Waals surface area contributed by atoms with Crippen LogP contribution in [0.25, 0.3) is 22.0 Å². The number of para-hydroxylation sites is 1. The van der Waals surface area contributed by atoms with E-state index >= 15 is 0 Å². The Hall–Kier alpha value is -2.77. The summed E-state index contributed by atoms with van der Waals surface area (Å²) in [4.78, 5) is 12.4. The molecule has 0 bridgehead atoms. The molecule has 0 saturated heterocycles. The maximum Gasteiger partial charge on any atom is 0.222 e. The Bertz CT molecular complexity index is 1140. The number of aromatic nitrogens is 3. The van der Waals surface area contributed by atoms with E-state index < -0.39 is 5.82 Å². The molecule has 0 aliphatic carbocycles. The lowest BCUT2D eigenvalue weighted by atomic mass is 10.0. The lowest BCUT2D eigenvalue weighted by molar-refractivity contribution is 0.625. The first-order valence-electron chi connectivity index (χ1n) is 7.93. The molecule has 2 heterocycles. The summed E-state index contributed by atoms with van der Waals surface area (Å²) in [7, 11) is 0. The van der Waals surface area contributed by atoms with E-state index in [1.54, 1.807) is 28.2 Å². The van der Waals surface area contributed by atoms with E-state index in [4.69, 9.17) is 17.3 Å². The second-order valence-corrected chi connectivity index (χ2v) is 6.78. The highest BCUT2D eigenvalue weighted by Gasteiger charge is 2.16. The van der Waals surface area contributed by atoms with Gasteiger partial charge in [0.15, 0.2) is 16.8 Å². The zero-order chi connectivity index (χ0) is 19.0. The number of hydrogen-bond donors (Lipinski definition) is 1. The molecule has 0 radical (unpaired) electrons. The van der Waals surface area contributed by atoms with E-state index in [-0.39, 0.29) is 11.1 Å². The number of hydrogen-bond acceptors (Lipinski definition) is 5. The minimum absolute atomic E-state index is 0.142. The van der Waals surface area contributed by atoms with Crippen molar-refractivity contribution in [2.45, 2.75) is 0 Å². The summed E-state index contributed by atoms with van der Waals surface area (Å²) >= 11 is 9.36. The molecule has 5 nitrogen and oxygen atoms in total. The molecule has 4 aromatic rings. The smallest absolute Gasteiger partial charge is 0.222 e. The molecule has 2 aromatic carbocycles. The van der Waals surface area contributed by atoms with Gasteiger partial charge in [-0.25, -0.2) is 14.4 Å². The summed E-state index contributed by atoms with van der Waals surface area (Å²) in [6.07, 6.45) is 1.46. The van der Waals surface area contributed by atoms with Crippen molar-refractivity contribution in [2.24, 2.45) is 0 Å². The van der Waals surface area contributed by atoms with E-state index in [2.05, 4.69) is 31.1 Å². The van der Waals surface area contributed by atoms with Crippen LogP contribution in [0.15, 0.2) is 60.8 Å². The molecule has 0 saturated carbocycles. The van der Waals surface area contributed by atoms with Gasteiger partial charge in [0.2, 0.25) is 5.95 Å². The molecule has 0 aliphatic rings. The Morgan fingerprint density at radius 3 is 2.59 bits per heavy atom. The zero-order valence-corrected chi connectivity index (χ0v) is 16.1. The highest BCUT2D eigenvalue weighted by Crippen LogP contribution is 2.36. The van der Waals surface area contributed by atoms with Crippen LogP contribution >= 0.6 is 27.7 Å². The van der Waals surface area contributed by atoms with Crippen LogP contribution in [0, 0.1) is 5.82 Å². The molecule has 0 atom stereocenters. The monoisotopic (exact) mass is 443 g/mol. The number of fused-ring (bicyclic) bond motifs is 1. The van der Waals surface area contributed by atoms with Gasteiger partial charge in [0.1, 0.15) is 0 Å². The van der Waals surface area contributed by atoms with Gasteiger partial charge in [-0.15, -0.1) is 0 Å². The van der Waals surface area contributed by atoms with Gasteiger partial charge in [0, 0.05) is 17.1 Å². The molecule has 0 amide bonds. The van der Waals surface area contributed by atoms with Gasteiger partial charge >= 0.3 is 0 Å². The quantitative estimate of drug-likeness (QED) is 0.333. The number of nitrogens with zero attached hydrogens (tertiary/aromatic N) is 4. The first-order chi connectivity index (χ1) is 13.0. The normalized spacial score (nSPS) is 10.9. The average Bonchev–Trinajstić information content (AvgIpc) is 2.69. The van der Waals surface area contributed by atoms with E-state index in [0.717, 1.165) is 5.69 Å². The Labute approximate surface area is 168 Å². The van der Waals surface area contributed by atoms with E-state index in [0.29, 0.717) is 27.8 Å². The molecule has 0 fully saturated rings. The summed E-state index contributed by atoms with van der Waals surface area (Å²) in [5.41, 5.74) is 8.36. The summed E-state index contributed by atoms with van der Waals surface area (Å²) in [5, 5.41) is 0.530. The Morgan fingerprint density at radius 1 is 1.04 bits per heavy atom. The lowest BCUT2D eigenvalue weighted by Gasteiger charge is -2.18. The Morgan fingerprint density at radius 2 is 1.81 bits per heavy atom. The molecule has 2 aromatic heterocycles. The summed E-state index contributed by atoms with van der Waals surface area (Å²) in [6, 6.07) is 16.5. The highest BCUT2D eigenvalue weighted by molar-refractivity contribution is 9.10. The van der Waals surface area contributed by atoms with Crippen LogP contribution in [0.3, 0.4) is 0 Å². The summed E-state index contributed by atoms with van der Waals surface area (Å²) < 4.78 is 16.1. The van der Waals surface area contributed by atoms with Gasteiger partial charge in [0.05, 0.1) is 27.4 Å². The third-order valence-electron chi connectivity index (χ3n) is 4.02. The number of nitrogen functional groups attached to an aromatic ring is 1. The molecule has 4 rings (SSSR count). The number of benzene rings is 2. The summed E-state index contributed by atoms with van der Waals surface area (Å²) in [6.45, 7) is 0. The molecule has 134 valence electrons. The fraction of sp³-hybridized carbons (Fsp3) is 0. The van der Waals surface area contributed by atoms with Gasteiger partial charge < -0.3 is 5.73 Å². The zero-order valence-electron chi connectivity index (χ0n) is 13.8. The van der Waals surface area contributed by atoms with Gasteiger partial charge in [-0.2, -0.15) is 4.98 Å². The molecule has 0 spiro atoms. The van der Waals surface area contributed by atoms with Crippen molar-refractivity contribution in [1.82, 2.24) is 15.0 Å². The maximum absolute atomic E-state index is 14.4. The number of halogens is 3. The van der Waals surface area contributed by atoms with Crippen molar-refractivity contribution >= 4 is 56.1 Å². The highest BCUT2D eigenvalue weighted by atomic mass is 79.9. The van der Waals surface area contributed by atoms with Crippen molar-refractivity contribution in [3.63, 3.8) is 0 Å². The average molecular weight is 445 g/mol. The Kier molecular flexibility index (Phi) is 4.63. The van der Waals surface area contributed by atoms with Crippen LogP contribution in [-0.4, -0.2) is 15.0 Å². The second-order valence-electron chi connectivity index (χ2n) is 5.72. The SMILES string of the molecule is Nc1nc(N(Br)c2ccccc2)c2cc(-c3ccnc(Cl)c3F)ccc2n1. The third-order valence-corrected chi connectivity index (χ3v) is 5.03. The molecule has 27 heavy (non-hydrogen) atoms. The van der Waals surface area contributed by atoms with Gasteiger partial charge in [0.25, 0.3) is 0 Å². The second kappa shape index (κ2) is 7.09. The predicted molar refractivity (Wildman–Crippen MR) is 110 cm³/mol. The van der Waals surface area contributed by atoms with Gasteiger partial charge in [-0.3, -0.25) is 3.93 Å². The minimum Gasteiger partial charge on any atom is -0.368 e. The summed E-state index contributed by atoms with van der Waals surface area (Å²) in [5.74, 6) is 0.116. The largest absolute Gasteiger partial charge is 0.368 e. The topological polar surface area (TPSA) is 67.9 Å². The van der Waals surface area contributed by atoms with Crippen LogP contribution in [0.1, 0.15) is 0 Å². The third kappa shape index (κ3) is 3.31. The van der Waals surface area contributed by atoms with Crippen LogP contribution in [0.5, 0.6) is 0 Å². The van der Waals surface area contributed by atoms with Crippen LogP contribution in [0.4, 0.5) is 21.8 Å². The van der Waals surface area contributed by atoms with E-state index in [1.165, 1.54) is 6.20 Å². The maximum atomic E-state index is 14.4. The van der Waals surface area contributed by atoms with Crippen molar-refractivity contribution in [1.29, 1.82) is 0 Å². The Balaban J connectivity index is 1.92. The van der Waals surface area contributed by atoms with E-state index in [1.807, 2.05) is 30.3 Å². The minimum atomic E-state index is -0.574. The van der Waals surface area contributed by atoms with Gasteiger partial charge in [-0.1, -0.05) is 35.9 Å². The fourth-order valence-electron chi connectivity index (χ4n) is 2.77. The van der Waals surface area contributed by atoms with Crippen LogP contribution in [0.2, 0.25) is 5.15 Å².